The van der Waals surface area contributed by atoms with Gasteiger partial charge in [0.05, 0.1) is 17.4 Å². The molecule has 4 bridgehead atoms. The number of Topliss-reactive ketones (excluding diaryl/α,β-unsaturated/α-hetero) is 1. The Bertz CT molecular complexity index is 757. The van der Waals surface area contributed by atoms with E-state index in [0.29, 0.717) is 30.2 Å². The van der Waals surface area contributed by atoms with Crippen LogP contribution in [0.4, 0.5) is 11.4 Å². The van der Waals surface area contributed by atoms with Crippen LogP contribution in [0, 0.1) is 33.3 Å². The minimum absolute atomic E-state index is 0.0309. The van der Waals surface area contributed by atoms with Crippen molar-refractivity contribution in [2.75, 3.05) is 12.4 Å². The van der Waals surface area contributed by atoms with Crippen LogP contribution in [-0.2, 0) is 9.59 Å². The molecule has 0 radical (unpaired) electrons. The molecule has 1 N–H and O–H groups in total. The molecular formula is C18H20N2O5. The molecule has 0 heterocycles. The van der Waals surface area contributed by atoms with Crippen molar-refractivity contribution >= 4 is 23.1 Å². The Hall–Kier alpha value is -2.44. The maximum atomic E-state index is 13.0. The van der Waals surface area contributed by atoms with Crippen molar-refractivity contribution in [1.29, 1.82) is 0 Å². The van der Waals surface area contributed by atoms with Crippen molar-refractivity contribution < 1.29 is 19.2 Å². The minimum atomic E-state index is -0.519. The zero-order valence-electron chi connectivity index (χ0n) is 14.0. The molecule has 4 aliphatic rings. The van der Waals surface area contributed by atoms with Crippen LogP contribution in [0.15, 0.2) is 18.2 Å². The van der Waals surface area contributed by atoms with E-state index in [9.17, 15) is 19.7 Å². The molecule has 0 spiro atoms. The molecule has 1 aromatic rings. The van der Waals surface area contributed by atoms with Crippen molar-refractivity contribution in [3.05, 3.63) is 28.3 Å². The van der Waals surface area contributed by atoms with E-state index in [1.54, 1.807) is 0 Å². The molecule has 7 heteroatoms. The maximum Gasteiger partial charge on any atom is 0.311 e. The first-order valence-corrected chi connectivity index (χ1v) is 8.59. The molecule has 4 saturated carbocycles. The largest absolute Gasteiger partial charge is 0.490 e. The molecule has 7 nitrogen and oxygen atoms in total. The normalized spacial score (nSPS) is 32.5. The fourth-order valence-electron chi connectivity index (χ4n) is 5.20. The number of nitro benzene ring substituents is 1. The Kier molecular flexibility index (Phi) is 3.56. The lowest BCUT2D eigenvalue weighted by molar-refractivity contribution is -0.385. The third kappa shape index (κ3) is 2.49. The second-order valence-corrected chi connectivity index (χ2v) is 7.62. The summed E-state index contributed by atoms with van der Waals surface area (Å²) in [4.78, 5) is 35.7. The fraction of sp³-hybridized carbons (Fsp3) is 0.556. The Labute approximate surface area is 144 Å². The van der Waals surface area contributed by atoms with Gasteiger partial charge in [0.1, 0.15) is 5.78 Å². The Morgan fingerprint density at radius 3 is 2.56 bits per heavy atom. The summed E-state index contributed by atoms with van der Waals surface area (Å²) < 4.78 is 5.05. The summed E-state index contributed by atoms with van der Waals surface area (Å²) in [7, 11) is 1.36. The van der Waals surface area contributed by atoms with E-state index in [1.807, 2.05) is 0 Å². The lowest BCUT2D eigenvalue weighted by atomic mass is 9.49. The van der Waals surface area contributed by atoms with Gasteiger partial charge >= 0.3 is 5.69 Å². The van der Waals surface area contributed by atoms with Gasteiger partial charge in [-0.3, -0.25) is 19.7 Å². The van der Waals surface area contributed by atoms with Crippen LogP contribution in [-0.4, -0.2) is 23.7 Å². The molecule has 0 aromatic heterocycles. The van der Waals surface area contributed by atoms with Crippen molar-refractivity contribution in [3.63, 3.8) is 0 Å². The number of nitro groups is 1. The van der Waals surface area contributed by atoms with Gasteiger partial charge in [-0.25, -0.2) is 0 Å². The Morgan fingerprint density at radius 2 is 1.96 bits per heavy atom. The number of amides is 1. The summed E-state index contributed by atoms with van der Waals surface area (Å²) in [6, 6.07) is 4.32. The summed E-state index contributed by atoms with van der Waals surface area (Å²) in [5.74, 6) is 0.911. The third-order valence-corrected chi connectivity index (χ3v) is 6.11. The van der Waals surface area contributed by atoms with Crippen LogP contribution in [0.3, 0.4) is 0 Å². The number of anilines is 1. The third-order valence-electron chi connectivity index (χ3n) is 6.11. The number of carbonyl (C=O) groups excluding carboxylic acids is 2. The maximum absolute atomic E-state index is 13.0. The standard InChI is InChI=1S/C18H20N2O5/c1-25-15-6-13(2-3-14(15)20(23)24)19-17(22)18-7-10-4-11(8-18)16(21)12(5-10)9-18/h2-3,6,10-12H,4-5,7-9H2,1H3,(H,19,22). The van der Waals surface area contributed by atoms with E-state index in [-0.39, 0.29) is 29.2 Å². The molecule has 4 aliphatic carbocycles. The average molecular weight is 344 g/mol. The number of methoxy groups -OCH3 is 1. The quantitative estimate of drug-likeness (QED) is 0.669. The summed E-state index contributed by atoms with van der Waals surface area (Å²) >= 11 is 0. The smallest absolute Gasteiger partial charge is 0.311 e. The topological polar surface area (TPSA) is 98.5 Å². The second-order valence-electron chi connectivity index (χ2n) is 7.62. The molecular weight excluding hydrogens is 324 g/mol. The number of rotatable bonds is 4. The highest BCUT2D eigenvalue weighted by molar-refractivity contribution is 5.98. The van der Waals surface area contributed by atoms with Crippen molar-refractivity contribution in [3.8, 4) is 5.75 Å². The van der Waals surface area contributed by atoms with E-state index in [0.717, 1.165) is 19.3 Å². The summed E-state index contributed by atoms with van der Waals surface area (Å²) in [5, 5.41) is 13.9. The Morgan fingerprint density at radius 1 is 1.28 bits per heavy atom. The van der Waals surface area contributed by atoms with Crippen molar-refractivity contribution in [2.24, 2.45) is 23.2 Å². The molecule has 0 aliphatic heterocycles. The van der Waals surface area contributed by atoms with Crippen molar-refractivity contribution in [1.82, 2.24) is 0 Å². The number of carbonyl (C=O) groups is 2. The number of ether oxygens (including phenoxy) is 1. The number of nitrogens with zero attached hydrogens (tertiary/aromatic N) is 1. The van der Waals surface area contributed by atoms with Crippen molar-refractivity contribution in [2.45, 2.75) is 32.1 Å². The zero-order chi connectivity index (χ0) is 17.8. The van der Waals surface area contributed by atoms with Crippen LogP contribution in [0.25, 0.3) is 0 Å². The van der Waals surface area contributed by atoms with Crippen LogP contribution in [0.5, 0.6) is 5.75 Å². The van der Waals surface area contributed by atoms with Crippen LogP contribution in [0.2, 0.25) is 0 Å². The lowest BCUT2D eigenvalue weighted by Gasteiger charge is -2.54. The molecule has 5 rings (SSSR count). The first-order chi connectivity index (χ1) is 11.9. The second kappa shape index (κ2) is 5.54. The molecule has 1 aromatic carbocycles. The first-order valence-electron chi connectivity index (χ1n) is 8.59. The highest BCUT2D eigenvalue weighted by atomic mass is 16.6. The van der Waals surface area contributed by atoms with Gasteiger partial charge in [-0.1, -0.05) is 0 Å². The number of nitrogens with one attached hydrogen (secondary N) is 1. The Balaban J connectivity index is 1.57. The summed E-state index contributed by atoms with van der Waals surface area (Å²) in [5.41, 5.74) is -0.130. The van der Waals surface area contributed by atoms with Gasteiger partial charge in [-0.15, -0.1) is 0 Å². The van der Waals surface area contributed by atoms with Crippen LogP contribution in [0.1, 0.15) is 32.1 Å². The molecule has 2 unspecified atom stereocenters. The van der Waals surface area contributed by atoms with Crippen LogP contribution < -0.4 is 10.1 Å². The predicted octanol–water partition coefficient (Wildman–Crippen LogP) is 2.94. The van der Waals surface area contributed by atoms with Gasteiger partial charge in [0.25, 0.3) is 0 Å². The van der Waals surface area contributed by atoms with Crippen LogP contribution >= 0.6 is 0 Å². The first kappa shape index (κ1) is 16.1. The molecule has 132 valence electrons. The molecule has 1 amide bonds. The zero-order valence-corrected chi connectivity index (χ0v) is 14.0. The number of hydrogen-bond acceptors (Lipinski definition) is 5. The summed E-state index contributed by atoms with van der Waals surface area (Å²) in [6.07, 6.45) is 3.96. The number of hydrogen-bond donors (Lipinski definition) is 1. The predicted molar refractivity (Wildman–Crippen MR) is 89.3 cm³/mol. The highest BCUT2D eigenvalue weighted by Crippen LogP contribution is 2.58. The number of benzene rings is 1. The minimum Gasteiger partial charge on any atom is -0.490 e. The highest BCUT2D eigenvalue weighted by Gasteiger charge is 2.58. The van der Waals surface area contributed by atoms with E-state index in [1.165, 1.54) is 25.3 Å². The van der Waals surface area contributed by atoms with E-state index >= 15 is 0 Å². The van der Waals surface area contributed by atoms with Gasteiger partial charge in [0.2, 0.25) is 5.91 Å². The molecule has 25 heavy (non-hydrogen) atoms. The van der Waals surface area contributed by atoms with Gasteiger partial charge in [-0.2, -0.15) is 0 Å². The van der Waals surface area contributed by atoms with E-state index in [4.69, 9.17) is 4.74 Å². The van der Waals surface area contributed by atoms with Gasteiger partial charge in [-0.05, 0) is 44.1 Å². The van der Waals surface area contributed by atoms with E-state index in [2.05, 4.69) is 5.32 Å². The van der Waals surface area contributed by atoms with Gasteiger partial charge in [0.15, 0.2) is 5.75 Å². The molecule has 2 atom stereocenters. The SMILES string of the molecule is COc1cc(NC(=O)C23CC4CC(C2)C(=O)C(C4)C3)ccc1[N+](=O)[O-]. The lowest BCUT2D eigenvalue weighted by Crippen LogP contribution is -2.55. The van der Waals surface area contributed by atoms with Gasteiger partial charge < -0.3 is 10.1 Å². The fourth-order valence-corrected chi connectivity index (χ4v) is 5.20. The monoisotopic (exact) mass is 344 g/mol. The summed E-state index contributed by atoms with van der Waals surface area (Å²) in [6.45, 7) is 0. The number of ketones is 1. The van der Waals surface area contributed by atoms with E-state index < -0.39 is 10.3 Å². The molecule has 0 saturated heterocycles. The molecule has 4 fully saturated rings. The average Bonchev–Trinajstić information content (AvgIpc) is 2.58. The van der Waals surface area contributed by atoms with Gasteiger partial charge in [0, 0.05) is 29.7 Å².